The lowest BCUT2D eigenvalue weighted by Gasteiger charge is -2.36. The quantitative estimate of drug-likeness (QED) is 0.560. The summed E-state index contributed by atoms with van der Waals surface area (Å²) in [5.41, 5.74) is 3.08. The molecule has 0 atom stereocenters. The van der Waals surface area contributed by atoms with Crippen molar-refractivity contribution in [2.24, 2.45) is 0 Å². The summed E-state index contributed by atoms with van der Waals surface area (Å²) in [4.78, 5) is 4.50. The second-order valence-electron chi connectivity index (χ2n) is 7.52. The molecule has 0 spiro atoms. The second-order valence-corrected chi connectivity index (χ2v) is 7.52. The van der Waals surface area contributed by atoms with Gasteiger partial charge in [0.05, 0.1) is 19.2 Å². The molecule has 0 unspecified atom stereocenters. The molecule has 5 nitrogen and oxygen atoms in total. The third-order valence-corrected chi connectivity index (χ3v) is 5.31. The van der Waals surface area contributed by atoms with Crippen molar-refractivity contribution in [1.29, 1.82) is 0 Å². The Morgan fingerprint density at radius 1 is 0.871 bits per heavy atom. The molecule has 0 saturated carbocycles. The van der Waals surface area contributed by atoms with E-state index in [1.165, 1.54) is 6.07 Å². The van der Waals surface area contributed by atoms with Gasteiger partial charge < -0.3 is 4.90 Å². The van der Waals surface area contributed by atoms with Gasteiger partial charge in [-0.05, 0) is 17.7 Å². The number of hydrogen-bond acceptors (Lipinski definition) is 4. The molecule has 2 aromatic carbocycles. The molecule has 0 bridgehead atoms. The van der Waals surface area contributed by atoms with Crippen molar-refractivity contribution in [3.05, 3.63) is 66.4 Å². The van der Waals surface area contributed by atoms with E-state index in [1.54, 1.807) is 12.1 Å². The van der Waals surface area contributed by atoms with Gasteiger partial charge >= 0.3 is 6.18 Å². The van der Waals surface area contributed by atoms with E-state index >= 15 is 0 Å². The number of anilines is 1. The van der Waals surface area contributed by atoms with Gasteiger partial charge in [0.1, 0.15) is 5.69 Å². The molecule has 1 fully saturated rings. The van der Waals surface area contributed by atoms with Gasteiger partial charge in [-0.2, -0.15) is 13.2 Å². The maximum absolute atomic E-state index is 12.7. The third kappa shape index (κ3) is 6.45. The summed E-state index contributed by atoms with van der Waals surface area (Å²) in [6.45, 7) is 4.93. The molecule has 0 amide bonds. The van der Waals surface area contributed by atoms with Crippen molar-refractivity contribution in [2.45, 2.75) is 19.1 Å². The van der Waals surface area contributed by atoms with Crippen LogP contribution in [0.4, 0.5) is 18.9 Å². The van der Waals surface area contributed by atoms with Crippen LogP contribution in [0.3, 0.4) is 0 Å². The first-order chi connectivity index (χ1) is 14.5. The maximum Gasteiger partial charge on any atom is 0.393 e. The van der Waals surface area contributed by atoms with Gasteiger partial charge in [-0.15, -0.1) is 17.5 Å². The smallest absolute Gasteiger partial charge is 0.369 e. The van der Waals surface area contributed by atoms with Gasteiger partial charge in [0.25, 0.3) is 0 Å². The summed E-state index contributed by atoms with van der Waals surface area (Å²) in [7, 11) is 0. The second kappa shape index (κ2) is 10.2. The lowest BCUT2D eigenvalue weighted by molar-refractivity contribution is -0.127. The van der Waals surface area contributed by atoms with E-state index in [4.69, 9.17) is 0 Å². The molecular formula is C22H25ClF3N5. The van der Waals surface area contributed by atoms with Crippen LogP contribution in [0.1, 0.15) is 5.56 Å². The summed E-state index contributed by atoms with van der Waals surface area (Å²) in [5, 5.41) is 8.46. The Morgan fingerprint density at radius 3 is 2.32 bits per heavy atom. The van der Waals surface area contributed by atoms with Crippen molar-refractivity contribution in [3.8, 4) is 11.3 Å². The minimum atomic E-state index is -4.18. The number of halogens is 4. The number of rotatable bonds is 6. The van der Waals surface area contributed by atoms with Gasteiger partial charge in [0.15, 0.2) is 0 Å². The van der Waals surface area contributed by atoms with Gasteiger partial charge in [0, 0.05) is 44.0 Å². The standard InChI is InChI=1S/C22H24F3N5.ClH/c23-22(24,25)16-18-5-4-8-20(15-18)29-12-9-28(10-13-29)11-14-30-17-21(26-27-30)19-6-2-1-3-7-19;/h1-8,15,17H,9-14,16H2;1H. The summed E-state index contributed by atoms with van der Waals surface area (Å²) >= 11 is 0. The highest BCUT2D eigenvalue weighted by molar-refractivity contribution is 5.85. The Morgan fingerprint density at radius 2 is 1.61 bits per heavy atom. The van der Waals surface area contributed by atoms with Crippen molar-refractivity contribution < 1.29 is 13.2 Å². The van der Waals surface area contributed by atoms with Crippen molar-refractivity contribution in [1.82, 2.24) is 19.9 Å². The number of alkyl halides is 3. The van der Waals surface area contributed by atoms with Crippen LogP contribution >= 0.6 is 12.4 Å². The summed E-state index contributed by atoms with van der Waals surface area (Å²) < 4.78 is 39.8. The van der Waals surface area contributed by atoms with Gasteiger partial charge in [0.2, 0.25) is 0 Å². The maximum atomic E-state index is 12.7. The Kier molecular flexibility index (Phi) is 7.56. The molecule has 166 valence electrons. The van der Waals surface area contributed by atoms with Crippen LogP contribution < -0.4 is 4.90 Å². The van der Waals surface area contributed by atoms with Crippen LogP contribution in [0, 0.1) is 0 Å². The zero-order chi connectivity index (χ0) is 21.0. The number of hydrogen-bond donors (Lipinski definition) is 0. The lowest BCUT2D eigenvalue weighted by Crippen LogP contribution is -2.47. The lowest BCUT2D eigenvalue weighted by atomic mass is 10.1. The van der Waals surface area contributed by atoms with Crippen LogP contribution in [-0.4, -0.2) is 58.8 Å². The monoisotopic (exact) mass is 451 g/mol. The highest BCUT2D eigenvalue weighted by Crippen LogP contribution is 2.25. The molecule has 1 aliphatic rings. The molecule has 1 aromatic heterocycles. The van der Waals surface area contributed by atoms with E-state index in [0.29, 0.717) is 5.56 Å². The summed E-state index contributed by atoms with van der Waals surface area (Å²) in [6, 6.07) is 16.7. The fourth-order valence-electron chi connectivity index (χ4n) is 3.72. The zero-order valence-corrected chi connectivity index (χ0v) is 17.8. The largest absolute Gasteiger partial charge is 0.393 e. The normalized spacial score (nSPS) is 15.0. The van der Waals surface area contributed by atoms with E-state index < -0.39 is 12.6 Å². The first-order valence-corrected chi connectivity index (χ1v) is 10.0. The van der Waals surface area contributed by atoms with Gasteiger partial charge in [-0.25, -0.2) is 0 Å². The molecule has 2 heterocycles. The molecule has 31 heavy (non-hydrogen) atoms. The molecule has 9 heteroatoms. The predicted molar refractivity (Wildman–Crippen MR) is 118 cm³/mol. The SMILES string of the molecule is Cl.FC(F)(F)Cc1cccc(N2CCN(CCn3cc(-c4ccccc4)nn3)CC2)c1. The van der Waals surface area contributed by atoms with E-state index in [-0.39, 0.29) is 12.4 Å². The molecular weight excluding hydrogens is 427 g/mol. The number of benzene rings is 2. The Balaban J connectivity index is 0.00000272. The first-order valence-electron chi connectivity index (χ1n) is 10.0. The Bertz CT molecular complexity index is 953. The number of nitrogens with zero attached hydrogens (tertiary/aromatic N) is 5. The fourth-order valence-corrected chi connectivity index (χ4v) is 3.72. The molecule has 0 aliphatic carbocycles. The molecule has 0 N–H and O–H groups in total. The molecule has 3 aromatic rings. The van der Waals surface area contributed by atoms with Crippen molar-refractivity contribution in [3.63, 3.8) is 0 Å². The van der Waals surface area contributed by atoms with Crippen LogP contribution in [0.5, 0.6) is 0 Å². The minimum absolute atomic E-state index is 0. The third-order valence-electron chi connectivity index (χ3n) is 5.31. The number of aromatic nitrogens is 3. The van der Waals surface area contributed by atoms with Crippen molar-refractivity contribution >= 4 is 18.1 Å². The minimum Gasteiger partial charge on any atom is -0.369 e. The summed E-state index contributed by atoms with van der Waals surface area (Å²) in [6.07, 6.45) is -3.11. The van der Waals surface area contributed by atoms with Gasteiger partial charge in [-0.1, -0.05) is 47.7 Å². The predicted octanol–water partition coefficient (Wildman–Crippen LogP) is 4.29. The Labute approximate surface area is 185 Å². The number of piperazine rings is 1. The molecule has 1 saturated heterocycles. The van der Waals surface area contributed by atoms with Gasteiger partial charge in [-0.3, -0.25) is 9.58 Å². The topological polar surface area (TPSA) is 37.2 Å². The van der Waals surface area contributed by atoms with Crippen LogP contribution in [-0.2, 0) is 13.0 Å². The fraction of sp³-hybridized carbons (Fsp3) is 0.364. The first kappa shape index (κ1) is 23.1. The van der Waals surface area contributed by atoms with Crippen LogP contribution in [0.25, 0.3) is 11.3 Å². The highest BCUT2D eigenvalue weighted by Gasteiger charge is 2.28. The molecule has 0 radical (unpaired) electrons. The van der Waals surface area contributed by atoms with E-state index in [2.05, 4.69) is 20.1 Å². The van der Waals surface area contributed by atoms with E-state index in [9.17, 15) is 13.2 Å². The van der Waals surface area contributed by atoms with Crippen LogP contribution in [0.15, 0.2) is 60.8 Å². The van der Waals surface area contributed by atoms with Crippen LogP contribution in [0.2, 0.25) is 0 Å². The average molecular weight is 452 g/mol. The zero-order valence-electron chi connectivity index (χ0n) is 17.0. The highest BCUT2D eigenvalue weighted by atomic mass is 35.5. The average Bonchev–Trinajstić information content (AvgIpc) is 3.21. The van der Waals surface area contributed by atoms with E-state index in [0.717, 1.165) is 56.2 Å². The summed E-state index contributed by atoms with van der Waals surface area (Å²) in [5.74, 6) is 0. The van der Waals surface area contributed by atoms with E-state index in [1.807, 2.05) is 47.3 Å². The Hall–Kier alpha value is -2.58. The van der Waals surface area contributed by atoms with Crippen molar-refractivity contribution in [2.75, 3.05) is 37.6 Å². The molecule has 1 aliphatic heterocycles. The molecule has 4 rings (SSSR count).